The van der Waals surface area contributed by atoms with E-state index in [1.807, 2.05) is 0 Å². The molecule has 2 aromatic rings. The first-order chi connectivity index (χ1) is 10.2. The van der Waals surface area contributed by atoms with Crippen molar-refractivity contribution in [3.63, 3.8) is 0 Å². The smallest absolute Gasteiger partial charge is 0.256 e. The lowest BCUT2D eigenvalue weighted by Crippen LogP contribution is -2.31. The third-order valence-electron chi connectivity index (χ3n) is 3.49. The van der Waals surface area contributed by atoms with Crippen molar-refractivity contribution in [2.75, 3.05) is 13.1 Å². The van der Waals surface area contributed by atoms with Gasteiger partial charge in [0.05, 0.1) is 12.1 Å². The van der Waals surface area contributed by atoms with Gasteiger partial charge in [0.2, 0.25) is 0 Å². The van der Waals surface area contributed by atoms with Gasteiger partial charge in [-0.3, -0.25) is 9.78 Å². The Balaban J connectivity index is 1.65. The maximum atomic E-state index is 13.7. The van der Waals surface area contributed by atoms with Crippen molar-refractivity contribution in [2.45, 2.75) is 12.5 Å². The van der Waals surface area contributed by atoms with Gasteiger partial charge in [-0.1, -0.05) is 12.1 Å². The van der Waals surface area contributed by atoms with Gasteiger partial charge in [0.25, 0.3) is 5.91 Å². The Bertz CT molecular complexity index is 633. The van der Waals surface area contributed by atoms with Crippen LogP contribution in [0.2, 0.25) is 0 Å². The number of nitrogens with zero attached hydrogens (tertiary/aromatic N) is 2. The molecule has 1 saturated heterocycles. The highest BCUT2D eigenvalue weighted by Gasteiger charge is 2.29. The van der Waals surface area contributed by atoms with Gasteiger partial charge in [-0.2, -0.15) is 0 Å². The summed E-state index contributed by atoms with van der Waals surface area (Å²) in [7, 11) is 0. The molecule has 1 aliphatic rings. The van der Waals surface area contributed by atoms with Gasteiger partial charge in [-0.25, -0.2) is 4.39 Å². The molecular formula is C16H15FN2O2. The summed E-state index contributed by atoms with van der Waals surface area (Å²) >= 11 is 0. The Hall–Kier alpha value is -2.43. The van der Waals surface area contributed by atoms with Crippen LogP contribution in [0.3, 0.4) is 0 Å². The number of pyridine rings is 1. The van der Waals surface area contributed by atoms with Crippen molar-refractivity contribution >= 4 is 5.91 Å². The molecule has 0 bridgehead atoms. The first-order valence-electron chi connectivity index (χ1n) is 6.84. The fraction of sp³-hybridized carbons (Fsp3) is 0.250. The monoisotopic (exact) mass is 286 g/mol. The van der Waals surface area contributed by atoms with Crippen LogP contribution in [0, 0.1) is 5.82 Å². The molecule has 5 heteroatoms. The minimum Gasteiger partial charge on any atom is -0.488 e. The van der Waals surface area contributed by atoms with Gasteiger partial charge in [-0.15, -0.1) is 0 Å². The lowest BCUT2D eigenvalue weighted by atomic mass is 10.2. The number of amides is 1. The van der Waals surface area contributed by atoms with E-state index >= 15 is 0 Å². The first-order valence-corrected chi connectivity index (χ1v) is 6.84. The summed E-state index contributed by atoms with van der Waals surface area (Å²) in [6.07, 6.45) is 3.99. The van der Waals surface area contributed by atoms with Crippen LogP contribution in [0.4, 0.5) is 4.39 Å². The van der Waals surface area contributed by atoms with Crippen LogP contribution < -0.4 is 4.74 Å². The van der Waals surface area contributed by atoms with Crippen molar-refractivity contribution < 1.29 is 13.9 Å². The van der Waals surface area contributed by atoms with E-state index in [-0.39, 0.29) is 17.6 Å². The van der Waals surface area contributed by atoms with Gasteiger partial charge in [0, 0.05) is 25.4 Å². The molecule has 4 nitrogen and oxygen atoms in total. The fourth-order valence-electron chi connectivity index (χ4n) is 2.42. The average Bonchev–Trinajstić information content (AvgIpc) is 2.97. The lowest BCUT2D eigenvalue weighted by Gasteiger charge is -2.17. The maximum absolute atomic E-state index is 13.7. The molecule has 108 valence electrons. The molecule has 21 heavy (non-hydrogen) atoms. The molecule has 1 aromatic heterocycles. The molecule has 0 aliphatic carbocycles. The molecule has 1 amide bonds. The summed E-state index contributed by atoms with van der Waals surface area (Å²) in [4.78, 5) is 17.8. The Morgan fingerprint density at radius 1 is 1.24 bits per heavy atom. The highest BCUT2D eigenvalue weighted by molar-refractivity contribution is 5.94. The summed E-state index contributed by atoms with van der Waals surface area (Å²) in [6, 6.07) is 9.61. The molecule has 3 rings (SSSR count). The predicted molar refractivity (Wildman–Crippen MR) is 75.6 cm³/mol. The molecule has 1 atom stereocenters. The van der Waals surface area contributed by atoms with Crippen molar-refractivity contribution in [3.05, 3.63) is 60.2 Å². The van der Waals surface area contributed by atoms with Crippen LogP contribution in [0.15, 0.2) is 48.8 Å². The number of rotatable bonds is 3. The highest BCUT2D eigenvalue weighted by atomic mass is 19.1. The van der Waals surface area contributed by atoms with Crippen LogP contribution >= 0.6 is 0 Å². The number of carbonyl (C=O) groups is 1. The number of hydrogen-bond donors (Lipinski definition) is 0. The second-order valence-corrected chi connectivity index (χ2v) is 4.94. The zero-order valence-electron chi connectivity index (χ0n) is 11.4. The molecule has 0 N–H and O–H groups in total. The molecule has 1 aliphatic heterocycles. The van der Waals surface area contributed by atoms with Crippen LogP contribution in [0.5, 0.6) is 5.75 Å². The van der Waals surface area contributed by atoms with Crippen molar-refractivity contribution in [2.24, 2.45) is 0 Å². The van der Waals surface area contributed by atoms with E-state index in [0.29, 0.717) is 13.1 Å². The first kappa shape index (κ1) is 13.5. The molecule has 1 fully saturated rings. The minimum absolute atomic E-state index is 0.0666. The molecule has 0 unspecified atom stereocenters. The van der Waals surface area contributed by atoms with Crippen molar-refractivity contribution in [1.82, 2.24) is 9.88 Å². The van der Waals surface area contributed by atoms with Gasteiger partial charge < -0.3 is 9.64 Å². The third kappa shape index (κ3) is 3.02. The average molecular weight is 286 g/mol. The maximum Gasteiger partial charge on any atom is 0.256 e. The van der Waals surface area contributed by atoms with Crippen LogP contribution in [0.25, 0.3) is 0 Å². The molecule has 0 saturated carbocycles. The Morgan fingerprint density at radius 2 is 2.00 bits per heavy atom. The summed E-state index contributed by atoms with van der Waals surface area (Å²) in [6.45, 7) is 1.04. The Labute approximate surface area is 122 Å². The number of halogens is 1. The second-order valence-electron chi connectivity index (χ2n) is 4.94. The molecule has 0 radical (unpaired) electrons. The summed E-state index contributed by atoms with van der Waals surface area (Å²) in [5.74, 6) is -0.0369. The van der Waals surface area contributed by atoms with E-state index < -0.39 is 5.82 Å². The third-order valence-corrected chi connectivity index (χ3v) is 3.49. The second kappa shape index (κ2) is 5.91. The highest BCUT2D eigenvalue weighted by Crippen LogP contribution is 2.20. The van der Waals surface area contributed by atoms with Crippen LogP contribution in [-0.2, 0) is 0 Å². The zero-order valence-corrected chi connectivity index (χ0v) is 11.4. The summed E-state index contributed by atoms with van der Waals surface area (Å²) in [5, 5.41) is 0. The predicted octanol–water partition coefficient (Wildman–Crippen LogP) is 2.51. The van der Waals surface area contributed by atoms with Gasteiger partial charge >= 0.3 is 0 Å². The number of ether oxygens (including phenoxy) is 1. The number of carbonyl (C=O) groups excluding carboxylic acids is 1. The van der Waals surface area contributed by atoms with Crippen LogP contribution in [0.1, 0.15) is 16.8 Å². The van der Waals surface area contributed by atoms with E-state index in [0.717, 1.165) is 12.2 Å². The van der Waals surface area contributed by atoms with E-state index in [1.54, 1.807) is 41.6 Å². The van der Waals surface area contributed by atoms with Crippen molar-refractivity contribution in [1.29, 1.82) is 0 Å². The SMILES string of the molecule is O=C(c1ccccc1F)N1CC[C@H](Oc2ccncc2)C1. The zero-order chi connectivity index (χ0) is 14.7. The number of benzene rings is 1. The largest absolute Gasteiger partial charge is 0.488 e. The van der Waals surface area contributed by atoms with Gasteiger partial charge in [0.15, 0.2) is 0 Å². The topological polar surface area (TPSA) is 42.4 Å². The summed E-state index contributed by atoms with van der Waals surface area (Å²) in [5.41, 5.74) is 0.113. The van der Waals surface area contributed by atoms with Crippen LogP contribution in [-0.4, -0.2) is 35.0 Å². The van der Waals surface area contributed by atoms with Gasteiger partial charge in [-0.05, 0) is 24.3 Å². The Kier molecular flexibility index (Phi) is 3.81. The van der Waals surface area contributed by atoms with E-state index in [9.17, 15) is 9.18 Å². The van der Waals surface area contributed by atoms with E-state index in [2.05, 4.69) is 4.98 Å². The number of aromatic nitrogens is 1. The molecule has 2 heterocycles. The standard InChI is InChI=1S/C16H15FN2O2/c17-15-4-2-1-3-14(15)16(20)19-10-7-13(11-19)21-12-5-8-18-9-6-12/h1-6,8-9,13H,7,10-11H2/t13-/m0/s1. The minimum atomic E-state index is -0.485. The summed E-state index contributed by atoms with van der Waals surface area (Å²) < 4.78 is 19.4. The number of likely N-dealkylation sites (tertiary alicyclic amines) is 1. The normalized spacial score (nSPS) is 17.8. The Morgan fingerprint density at radius 3 is 2.76 bits per heavy atom. The molecular weight excluding hydrogens is 271 g/mol. The van der Waals surface area contributed by atoms with E-state index in [4.69, 9.17) is 4.74 Å². The lowest BCUT2D eigenvalue weighted by molar-refractivity contribution is 0.0768. The molecule has 1 aromatic carbocycles. The fourth-order valence-corrected chi connectivity index (χ4v) is 2.42. The number of hydrogen-bond acceptors (Lipinski definition) is 3. The van der Waals surface area contributed by atoms with E-state index in [1.165, 1.54) is 12.1 Å². The van der Waals surface area contributed by atoms with Crippen molar-refractivity contribution in [3.8, 4) is 5.75 Å². The quantitative estimate of drug-likeness (QED) is 0.870. The van der Waals surface area contributed by atoms with Gasteiger partial charge in [0.1, 0.15) is 17.7 Å². The molecule has 0 spiro atoms.